The number of ether oxygens (including phenoxy) is 2. The number of aromatic nitrogens is 1. The van der Waals surface area contributed by atoms with Crippen molar-refractivity contribution in [2.75, 3.05) is 12.1 Å². The summed E-state index contributed by atoms with van der Waals surface area (Å²) in [5.41, 5.74) is 4.98. The summed E-state index contributed by atoms with van der Waals surface area (Å²) in [5.74, 6) is 1.23. The van der Waals surface area contributed by atoms with E-state index in [4.69, 9.17) is 9.47 Å². The Morgan fingerprint density at radius 2 is 2.00 bits per heavy atom. The van der Waals surface area contributed by atoms with E-state index in [9.17, 15) is 4.79 Å². The number of benzene rings is 2. The van der Waals surface area contributed by atoms with E-state index in [-0.39, 0.29) is 19.1 Å². The highest BCUT2D eigenvalue weighted by Gasteiger charge is 2.15. The topological polar surface area (TPSA) is 60.5 Å². The lowest BCUT2D eigenvalue weighted by Crippen LogP contribution is -2.14. The van der Waals surface area contributed by atoms with Crippen LogP contribution in [0.3, 0.4) is 0 Å². The molecule has 0 unspecified atom stereocenters. The normalized spacial score (nSPS) is 12.2. The first kappa shape index (κ1) is 16.6. The van der Waals surface area contributed by atoms with E-state index in [1.807, 2.05) is 5.38 Å². The zero-order valence-electron chi connectivity index (χ0n) is 14.5. The van der Waals surface area contributed by atoms with Crippen molar-refractivity contribution >= 4 is 22.9 Å². The molecule has 2 heterocycles. The lowest BCUT2D eigenvalue weighted by molar-refractivity contribution is -0.115. The van der Waals surface area contributed by atoms with Crippen molar-refractivity contribution in [3.05, 3.63) is 58.6 Å². The fourth-order valence-electron chi connectivity index (χ4n) is 2.91. The van der Waals surface area contributed by atoms with Crippen molar-refractivity contribution in [3.63, 3.8) is 0 Å². The second kappa shape index (κ2) is 6.80. The molecule has 1 aromatic heterocycles. The highest BCUT2D eigenvalue weighted by atomic mass is 32.1. The number of anilines is 1. The van der Waals surface area contributed by atoms with Crippen LogP contribution in [0.5, 0.6) is 11.5 Å². The number of thiazole rings is 1. The third-order valence-electron chi connectivity index (χ3n) is 4.16. The van der Waals surface area contributed by atoms with E-state index < -0.39 is 0 Å². The minimum absolute atomic E-state index is 0.110. The van der Waals surface area contributed by atoms with Crippen LogP contribution in [0.2, 0.25) is 0 Å². The highest BCUT2D eigenvalue weighted by Crippen LogP contribution is 2.34. The van der Waals surface area contributed by atoms with Crippen molar-refractivity contribution < 1.29 is 14.3 Å². The summed E-state index contributed by atoms with van der Waals surface area (Å²) < 4.78 is 10.6. The Hall–Kier alpha value is -2.86. The predicted molar refractivity (Wildman–Crippen MR) is 102 cm³/mol. The molecular weight excluding hydrogens is 348 g/mol. The molecule has 5 nitrogen and oxygen atoms in total. The molecule has 0 aliphatic carbocycles. The largest absolute Gasteiger partial charge is 0.454 e. The van der Waals surface area contributed by atoms with Crippen LogP contribution in [-0.4, -0.2) is 17.7 Å². The number of carbonyl (C=O) groups is 1. The SMILES string of the molecule is Cc1ccc(-c2nc(CC(=O)Nc3ccc4c(c3)OCO4)cs2)c(C)c1. The molecule has 0 bridgehead atoms. The van der Waals surface area contributed by atoms with Crippen LogP contribution in [0.1, 0.15) is 16.8 Å². The van der Waals surface area contributed by atoms with E-state index >= 15 is 0 Å². The summed E-state index contributed by atoms with van der Waals surface area (Å²) in [4.78, 5) is 16.9. The number of rotatable bonds is 4. The van der Waals surface area contributed by atoms with Crippen LogP contribution < -0.4 is 14.8 Å². The molecule has 1 aliphatic rings. The van der Waals surface area contributed by atoms with Gasteiger partial charge in [0.15, 0.2) is 11.5 Å². The van der Waals surface area contributed by atoms with Gasteiger partial charge in [0.2, 0.25) is 12.7 Å². The number of nitrogens with zero attached hydrogens (tertiary/aromatic N) is 1. The average Bonchev–Trinajstić information content (AvgIpc) is 3.23. The summed E-state index contributed by atoms with van der Waals surface area (Å²) in [5, 5.41) is 5.75. The maximum absolute atomic E-state index is 12.3. The van der Waals surface area contributed by atoms with Gasteiger partial charge in [-0.05, 0) is 31.5 Å². The van der Waals surface area contributed by atoms with Gasteiger partial charge in [-0.2, -0.15) is 0 Å². The molecule has 0 fully saturated rings. The van der Waals surface area contributed by atoms with E-state index in [1.165, 1.54) is 11.1 Å². The standard InChI is InChI=1S/C20H18N2O3S/c1-12-3-5-16(13(2)7-12)20-22-15(10-26-20)9-19(23)21-14-4-6-17-18(8-14)25-11-24-17/h3-8,10H,9,11H2,1-2H3,(H,21,23). The molecule has 0 atom stereocenters. The lowest BCUT2D eigenvalue weighted by Gasteiger charge is -2.05. The number of hydrogen-bond acceptors (Lipinski definition) is 5. The maximum Gasteiger partial charge on any atom is 0.231 e. The Morgan fingerprint density at radius 1 is 1.15 bits per heavy atom. The van der Waals surface area contributed by atoms with Crippen molar-refractivity contribution in [2.24, 2.45) is 0 Å². The number of carbonyl (C=O) groups excluding carboxylic acids is 1. The van der Waals surface area contributed by atoms with Crippen LogP contribution >= 0.6 is 11.3 Å². The summed E-state index contributed by atoms with van der Waals surface area (Å²) in [7, 11) is 0. The molecular formula is C20H18N2O3S. The number of aryl methyl sites for hydroxylation is 2. The van der Waals surface area contributed by atoms with Gasteiger partial charge in [0.1, 0.15) is 5.01 Å². The maximum atomic E-state index is 12.3. The number of fused-ring (bicyclic) bond motifs is 1. The van der Waals surface area contributed by atoms with Crippen molar-refractivity contribution in [3.8, 4) is 22.1 Å². The fourth-order valence-corrected chi connectivity index (χ4v) is 3.82. The zero-order chi connectivity index (χ0) is 18.1. The van der Waals surface area contributed by atoms with Gasteiger partial charge in [-0.25, -0.2) is 4.98 Å². The summed E-state index contributed by atoms with van der Waals surface area (Å²) in [6, 6.07) is 11.7. The minimum Gasteiger partial charge on any atom is -0.454 e. The molecule has 0 saturated carbocycles. The highest BCUT2D eigenvalue weighted by molar-refractivity contribution is 7.13. The third-order valence-corrected chi connectivity index (χ3v) is 5.09. The van der Waals surface area contributed by atoms with Crippen LogP contribution in [0.4, 0.5) is 5.69 Å². The summed E-state index contributed by atoms with van der Waals surface area (Å²) in [6.45, 7) is 4.37. The van der Waals surface area contributed by atoms with Gasteiger partial charge >= 0.3 is 0 Å². The first-order valence-corrected chi connectivity index (χ1v) is 9.18. The Bertz CT molecular complexity index is 981. The van der Waals surface area contributed by atoms with E-state index in [0.717, 1.165) is 16.3 Å². The number of nitrogens with one attached hydrogen (secondary N) is 1. The van der Waals surface area contributed by atoms with Crippen LogP contribution in [0, 0.1) is 13.8 Å². The summed E-state index contributed by atoms with van der Waals surface area (Å²) >= 11 is 1.56. The molecule has 132 valence electrons. The third kappa shape index (κ3) is 3.41. The molecule has 3 aromatic rings. The van der Waals surface area contributed by atoms with Crippen molar-refractivity contribution in [2.45, 2.75) is 20.3 Å². The summed E-state index contributed by atoms with van der Waals surface area (Å²) in [6.07, 6.45) is 0.232. The van der Waals surface area contributed by atoms with Crippen molar-refractivity contribution in [1.29, 1.82) is 0 Å². The molecule has 6 heteroatoms. The molecule has 4 rings (SSSR count). The second-order valence-electron chi connectivity index (χ2n) is 6.26. The quantitative estimate of drug-likeness (QED) is 0.746. The molecule has 2 aromatic carbocycles. The Balaban J connectivity index is 1.44. The van der Waals surface area contributed by atoms with Crippen molar-refractivity contribution in [1.82, 2.24) is 4.98 Å². The van der Waals surface area contributed by atoms with Gasteiger partial charge in [-0.3, -0.25) is 4.79 Å². The first-order chi connectivity index (χ1) is 12.6. The molecule has 1 amide bonds. The average molecular weight is 366 g/mol. The van der Waals surface area contributed by atoms with Gasteiger partial charge in [0.25, 0.3) is 0 Å². The predicted octanol–water partition coefficient (Wildman–Crippen LogP) is 4.34. The smallest absolute Gasteiger partial charge is 0.231 e. The van der Waals surface area contributed by atoms with Gasteiger partial charge in [-0.1, -0.05) is 23.8 Å². The Morgan fingerprint density at radius 3 is 2.85 bits per heavy atom. The second-order valence-corrected chi connectivity index (χ2v) is 7.11. The van der Waals surface area contributed by atoms with Gasteiger partial charge < -0.3 is 14.8 Å². The molecule has 0 saturated heterocycles. The van der Waals surface area contributed by atoms with E-state index in [0.29, 0.717) is 17.2 Å². The number of amides is 1. The first-order valence-electron chi connectivity index (χ1n) is 8.30. The van der Waals surface area contributed by atoms with Gasteiger partial charge in [0, 0.05) is 22.7 Å². The van der Waals surface area contributed by atoms with Gasteiger partial charge in [0.05, 0.1) is 12.1 Å². The molecule has 1 N–H and O–H groups in total. The van der Waals surface area contributed by atoms with E-state index in [2.05, 4.69) is 42.3 Å². The Kier molecular flexibility index (Phi) is 4.34. The fraction of sp³-hybridized carbons (Fsp3) is 0.200. The minimum atomic E-state index is -0.110. The number of hydrogen-bond donors (Lipinski definition) is 1. The Labute approximate surface area is 155 Å². The van der Waals surface area contributed by atoms with Crippen LogP contribution in [0.15, 0.2) is 41.8 Å². The van der Waals surface area contributed by atoms with Crippen LogP contribution in [-0.2, 0) is 11.2 Å². The van der Waals surface area contributed by atoms with Gasteiger partial charge in [-0.15, -0.1) is 11.3 Å². The van der Waals surface area contributed by atoms with E-state index in [1.54, 1.807) is 29.5 Å². The van der Waals surface area contributed by atoms with Crippen LogP contribution in [0.25, 0.3) is 10.6 Å². The molecule has 26 heavy (non-hydrogen) atoms. The lowest BCUT2D eigenvalue weighted by atomic mass is 10.1. The monoisotopic (exact) mass is 366 g/mol. The molecule has 0 spiro atoms. The zero-order valence-corrected chi connectivity index (χ0v) is 15.4. The molecule has 0 radical (unpaired) electrons. The molecule has 1 aliphatic heterocycles.